The van der Waals surface area contributed by atoms with Gasteiger partial charge in [-0.05, 0) is 61.1 Å². The van der Waals surface area contributed by atoms with E-state index in [2.05, 4.69) is 33.4 Å². The number of aromatic nitrogens is 2. The highest BCUT2D eigenvalue weighted by Gasteiger charge is 2.12. The topological polar surface area (TPSA) is 51.1 Å². The van der Waals surface area contributed by atoms with Crippen molar-refractivity contribution in [3.05, 3.63) is 84.4 Å². The molecule has 4 rings (SSSR count). The van der Waals surface area contributed by atoms with Crippen molar-refractivity contribution in [1.29, 1.82) is 0 Å². The summed E-state index contributed by atoms with van der Waals surface area (Å²) in [4.78, 5) is 4.73. The maximum atomic E-state index is 5.52. The van der Waals surface area contributed by atoms with Gasteiger partial charge in [-0.3, -0.25) is 0 Å². The Morgan fingerprint density at radius 1 is 0.931 bits per heavy atom. The molecule has 0 fully saturated rings. The second-order valence-electron chi connectivity index (χ2n) is 6.53. The maximum Gasteiger partial charge on any atom is 0.210 e. The minimum atomic E-state index is 0.485. The zero-order valence-electron chi connectivity index (χ0n) is 16.1. The van der Waals surface area contributed by atoms with Crippen LogP contribution in [0.4, 0.5) is 11.6 Å². The SMILES string of the molecule is CCOc1ccc(NC(=S)Nc2nc3ccccc3n2Cc2ccccc2)cc1. The van der Waals surface area contributed by atoms with Crippen LogP contribution in [0.15, 0.2) is 78.9 Å². The van der Waals surface area contributed by atoms with Gasteiger partial charge in [-0.1, -0.05) is 42.5 Å². The molecule has 146 valence electrons. The number of imidazole rings is 1. The highest BCUT2D eigenvalue weighted by molar-refractivity contribution is 7.80. The molecule has 0 saturated carbocycles. The molecule has 0 bridgehead atoms. The fourth-order valence-corrected chi connectivity index (χ4v) is 3.37. The van der Waals surface area contributed by atoms with Crippen LogP contribution >= 0.6 is 12.2 Å². The highest BCUT2D eigenvalue weighted by Crippen LogP contribution is 2.22. The van der Waals surface area contributed by atoms with Crippen LogP contribution in [-0.4, -0.2) is 21.3 Å². The average molecular weight is 403 g/mol. The fraction of sp³-hybridized carbons (Fsp3) is 0.130. The molecule has 0 aliphatic rings. The van der Waals surface area contributed by atoms with Crippen molar-refractivity contribution < 1.29 is 4.74 Å². The predicted octanol–water partition coefficient (Wildman–Crippen LogP) is 5.29. The number of nitrogens with one attached hydrogen (secondary N) is 2. The summed E-state index contributed by atoms with van der Waals surface area (Å²) in [7, 11) is 0. The third kappa shape index (κ3) is 4.55. The second-order valence-corrected chi connectivity index (χ2v) is 6.94. The van der Waals surface area contributed by atoms with Crippen LogP contribution in [0.2, 0.25) is 0 Å². The Hall–Kier alpha value is -3.38. The van der Waals surface area contributed by atoms with Crippen molar-refractivity contribution in [1.82, 2.24) is 9.55 Å². The van der Waals surface area contributed by atoms with Crippen molar-refractivity contribution in [2.75, 3.05) is 17.2 Å². The van der Waals surface area contributed by atoms with Crippen LogP contribution in [-0.2, 0) is 6.54 Å². The minimum Gasteiger partial charge on any atom is -0.494 e. The molecule has 0 radical (unpaired) electrons. The van der Waals surface area contributed by atoms with Gasteiger partial charge in [-0.2, -0.15) is 0 Å². The van der Waals surface area contributed by atoms with E-state index in [-0.39, 0.29) is 0 Å². The lowest BCUT2D eigenvalue weighted by Gasteiger charge is -2.13. The van der Waals surface area contributed by atoms with E-state index in [1.54, 1.807) is 0 Å². The van der Waals surface area contributed by atoms with Crippen LogP contribution in [0.25, 0.3) is 11.0 Å². The van der Waals surface area contributed by atoms with Gasteiger partial charge in [0, 0.05) is 5.69 Å². The fourth-order valence-electron chi connectivity index (χ4n) is 3.16. The Morgan fingerprint density at radius 2 is 1.66 bits per heavy atom. The van der Waals surface area contributed by atoms with E-state index in [0.717, 1.165) is 22.5 Å². The van der Waals surface area contributed by atoms with Gasteiger partial charge < -0.3 is 19.9 Å². The molecule has 0 spiro atoms. The molecule has 3 aromatic carbocycles. The number of thiocarbonyl (C=S) groups is 1. The lowest BCUT2D eigenvalue weighted by molar-refractivity contribution is 0.340. The second kappa shape index (κ2) is 8.75. The van der Waals surface area contributed by atoms with Crippen molar-refractivity contribution >= 4 is 40.0 Å². The standard InChI is InChI=1S/C23H22N4OS/c1-2-28-19-14-12-18(13-15-19)24-23(29)26-22-25-20-10-6-7-11-21(20)27(22)16-17-8-4-3-5-9-17/h3-15H,2,16H2,1H3,(H2,24,25,26,29). The first kappa shape index (κ1) is 19.0. The van der Waals surface area contributed by atoms with E-state index in [1.165, 1.54) is 5.56 Å². The molecule has 1 aromatic heterocycles. The Kier molecular flexibility index (Phi) is 5.72. The first-order valence-electron chi connectivity index (χ1n) is 9.53. The Labute approximate surface area is 175 Å². The van der Waals surface area contributed by atoms with E-state index < -0.39 is 0 Å². The van der Waals surface area contributed by atoms with E-state index in [1.807, 2.05) is 67.6 Å². The summed E-state index contributed by atoms with van der Waals surface area (Å²) < 4.78 is 7.61. The van der Waals surface area contributed by atoms with Gasteiger partial charge in [0.25, 0.3) is 0 Å². The van der Waals surface area contributed by atoms with E-state index in [4.69, 9.17) is 21.9 Å². The summed E-state index contributed by atoms with van der Waals surface area (Å²) in [5, 5.41) is 6.94. The smallest absolute Gasteiger partial charge is 0.210 e. The van der Waals surface area contributed by atoms with Gasteiger partial charge >= 0.3 is 0 Å². The molecule has 0 amide bonds. The van der Waals surface area contributed by atoms with E-state index in [9.17, 15) is 0 Å². The van der Waals surface area contributed by atoms with Gasteiger partial charge in [-0.25, -0.2) is 4.98 Å². The molecule has 6 heteroatoms. The molecule has 0 aliphatic carbocycles. The molecular weight excluding hydrogens is 380 g/mol. The molecule has 29 heavy (non-hydrogen) atoms. The molecule has 0 unspecified atom stereocenters. The zero-order chi connectivity index (χ0) is 20.1. The molecule has 0 aliphatic heterocycles. The number of anilines is 2. The molecule has 4 aromatic rings. The minimum absolute atomic E-state index is 0.485. The van der Waals surface area contributed by atoms with Crippen LogP contribution in [0.3, 0.4) is 0 Å². The van der Waals surface area contributed by atoms with Gasteiger partial charge in [-0.15, -0.1) is 0 Å². The largest absolute Gasteiger partial charge is 0.494 e. The van der Waals surface area contributed by atoms with E-state index >= 15 is 0 Å². The number of para-hydroxylation sites is 2. The average Bonchev–Trinajstić information content (AvgIpc) is 3.07. The number of rotatable bonds is 6. The molecule has 2 N–H and O–H groups in total. The van der Waals surface area contributed by atoms with Crippen molar-refractivity contribution in [3.63, 3.8) is 0 Å². The van der Waals surface area contributed by atoms with Crippen LogP contribution in [0, 0.1) is 0 Å². The summed E-state index contributed by atoms with van der Waals surface area (Å²) in [5.74, 6) is 1.54. The van der Waals surface area contributed by atoms with Crippen molar-refractivity contribution in [2.45, 2.75) is 13.5 Å². The van der Waals surface area contributed by atoms with Crippen LogP contribution in [0.5, 0.6) is 5.75 Å². The number of hydrogen-bond acceptors (Lipinski definition) is 3. The first-order chi connectivity index (χ1) is 14.2. The Morgan fingerprint density at radius 3 is 2.41 bits per heavy atom. The molecule has 1 heterocycles. The summed E-state index contributed by atoms with van der Waals surface area (Å²) in [5.41, 5.74) is 4.07. The predicted molar refractivity (Wildman–Crippen MR) is 123 cm³/mol. The van der Waals surface area contributed by atoms with Gasteiger partial charge in [0.2, 0.25) is 5.95 Å². The quantitative estimate of drug-likeness (QED) is 0.429. The number of nitrogens with zero attached hydrogens (tertiary/aromatic N) is 2. The Balaban J connectivity index is 1.55. The molecule has 0 saturated heterocycles. The molecular formula is C23H22N4OS. The van der Waals surface area contributed by atoms with Gasteiger partial charge in [0.1, 0.15) is 5.75 Å². The number of fused-ring (bicyclic) bond motifs is 1. The van der Waals surface area contributed by atoms with Crippen LogP contribution < -0.4 is 15.4 Å². The number of benzene rings is 3. The van der Waals surface area contributed by atoms with Gasteiger partial charge in [0.15, 0.2) is 5.11 Å². The van der Waals surface area contributed by atoms with Crippen molar-refractivity contribution in [2.24, 2.45) is 0 Å². The van der Waals surface area contributed by atoms with Crippen LogP contribution in [0.1, 0.15) is 12.5 Å². The number of hydrogen-bond donors (Lipinski definition) is 2. The first-order valence-corrected chi connectivity index (χ1v) is 9.94. The Bertz CT molecular complexity index is 1110. The van der Waals surface area contributed by atoms with E-state index in [0.29, 0.717) is 24.2 Å². The summed E-state index contributed by atoms with van der Waals surface area (Å²) in [6.45, 7) is 3.31. The zero-order valence-corrected chi connectivity index (χ0v) is 16.9. The van der Waals surface area contributed by atoms with Crippen molar-refractivity contribution in [3.8, 4) is 5.75 Å². The third-order valence-corrected chi connectivity index (χ3v) is 4.69. The normalized spacial score (nSPS) is 10.7. The highest BCUT2D eigenvalue weighted by atomic mass is 32.1. The number of ether oxygens (including phenoxy) is 1. The monoisotopic (exact) mass is 402 g/mol. The third-order valence-electron chi connectivity index (χ3n) is 4.49. The maximum absolute atomic E-state index is 5.52. The lowest BCUT2D eigenvalue weighted by atomic mass is 10.2. The molecule has 0 atom stereocenters. The molecule has 5 nitrogen and oxygen atoms in total. The summed E-state index contributed by atoms with van der Waals surface area (Å²) in [6.07, 6.45) is 0. The summed E-state index contributed by atoms with van der Waals surface area (Å²) >= 11 is 5.52. The summed E-state index contributed by atoms with van der Waals surface area (Å²) in [6, 6.07) is 26.1. The van der Waals surface area contributed by atoms with Gasteiger partial charge in [0.05, 0.1) is 24.2 Å². The lowest BCUT2D eigenvalue weighted by Crippen LogP contribution is -2.21.